The van der Waals surface area contributed by atoms with Crippen molar-refractivity contribution in [2.24, 2.45) is 0 Å². The summed E-state index contributed by atoms with van der Waals surface area (Å²) in [6.45, 7) is 0. The molecule has 0 unspecified atom stereocenters. The van der Waals surface area contributed by atoms with Crippen LogP contribution in [0.4, 0.5) is 17.1 Å². The van der Waals surface area contributed by atoms with Crippen LogP contribution in [0.5, 0.6) is 0 Å². The summed E-state index contributed by atoms with van der Waals surface area (Å²) in [5.41, 5.74) is 2.51. The molecule has 0 amide bonds. The lowest BCUT2D eigenvalue weighted by molar-refractivity contribution is 0.0698. The van der Waals surface area contributed by atoms with E-state index in [4.69, 9.17) is 11.6 Å². The molecule has 0 bridgehead atoms. The van der Waals surface area contributed by atoms with Gasteiger partial charge in [-0.25, -0.2) is 4.79 Å². The van der Waals surface area contributed by atoms with E-state index in [2.05, 4.69) is 5.32 Å². The second-order valence-corrected chi connectivity index (χ2v) is 5.00. The number of anilines is 3. The highest BCUT2D eigenvalue weighted by Crippen LogP contribution is 2.26. The Bertz CT molecular complexity index is 642. The van der Waals surface area contributed by atoms with Crippen molar-refractivity contribution in [1.82, 2.24) is 0 Å². The molecular formula is C15H15ClN2O2. The van der Waals surface area contributed by atoms with Crippen LogP contribution in [0.2, 0.25) is 5.02 Å². The van der Waals surface area contributed by atoms with Gasteiger partial charge in [0.2, 0.25) is 0 Å². The van der Waals surface area contributed by atoms with Crippen molar-refractivity contribution in [3.8, 4) is 0 Å². The fourth-order valence-electron chi connectivity index (χ4n) is 1.82. The van der Waals surface area contributed by atoms with Gasteiger partial charge in [0.25, 0.3) is 0 Å². The second-order valence-electron chi connectivity index (χ2n) is 4.56. The first kappa shape index (κ1) is 14.2. The Morgan fingerprint density at radius 2 is 1.95 bits per heavy atom. The smallest absolute Gasteiger partial charge is 0.337 e. The predicted octanol–water partition coefficient (Wildman–Crippen LogP) is 3.85. The van der Waals surface area contributed by atoms with Gasteiger partial charge in [-0.05, 0) is 36.4 Å². The number of hydrogen-bond donors (Lipinski definition) is 2. The third kappa shape index (κ3) is 3.22. The molecule has 0 aliphatic heterocycles. The van der Waals surface area contributed by atoms with Gasteiger partial charge in [-0.3, -0.25) is 0 Å². The summed E-state index contributed by atoms with van der Waals surface area (Å²) in [6.07, 6.45) is 0. The lowest BCUT2D eigenvalue weighted by Crippen LogP contribution is -2.09. The van der Waals surface area contributed by atoms with E-state index in [1.807, 2.05) is 43.3 Å². The summed E-state index contributed by atoms with van der Waals surface area (Å²) in [7, 11) is 3.90. The normalized spacial score (nSPS) is 10.2. The van der Waals surface area contributed by atoms with Crippen LogP contribution in [0, 0.1) is 0 Å². The number of nitrogens with zero attached hydrogens (tertiary/aromatic N) is 1. The topological polar surface area (TPSA) is 52.6 Å². The average Bonchev–Trinajstić information content (AvgIpc) is 2.41. The number of hydrogen-bond acceptors (Lipinski definition) is 3. The van der Waals surface area contributed by atoms with Crippen LogP contribution in [-0.2, 0) is 0 Å². The molecule has 104 valence electrons. The third-order valence-electron chi connectivity index (χ3n) is 2.85. The maximum atomic E-state index is 11.2. The van der Waals surface area contributed by atoms with Gasteiger partial charge < -0.3 is 15.3 Å². The molecule has 2 N–H and O–H groups in total. The summed E-state index contributed by atoms with van der Waals surface area (Å²) in [6, 6.07) is 12.5. The minimum Gasteiger partial charge on any atom is -0.478 e. The summed E-state index contributed by atoms with van der Waals surface area (Å²) < 4.78 is 0. The van der Waals surface area contributed by atoms with Crippen LogP contribution in [0.25, 0.3) is 0 Å². The number of benzene rings is 2. The highest BCUT2D eigenvalue weighted by atomic mass is 35.5. The summed E-state index contributed by atoms with van der Waals surface area (Å²) in [5, 5.41) is 12.7. The van der Waals surface area contributed by atoms with Gasteiger partial charge in [0, 0.05) is 30.5 Å². The van der Waals surface area contributed by atoms with E-state index in [1.54, 1.807) is 12.1 Å². The Morgan fingerprint density at radius 3 is 2.60 bits per heavy atom. The molecule has 0 saturated carbocycles. The fraction of sp³-hybridized carbons (Fsp3) is 0.133. The van der Waals surface area contributed by atoms with Gasteiger partial charge in [0.1, 0.15) is 0 Å². The van der Waals surface area contributed by atoms with Crippen molar-refractivity contribution >= 4 is 34.6 Å². The lowest BCUT2D eigenvalue weighted by Gasteiger charge is -2.15. The van der Waals surface area contributed by atoms with E-state index in [-0.39, 0.29) is 5.56 Å². The van der Waals surface area contributed by atoms with Crippen molar-refractivity contribution in [1.29, 1.82) is 0 Å². The van der Waals surface area contributed by atoms with Gasteiger partial charge >= 0.3 is 5.97 Å². The zero-order valence-corrected chi connectivity index (χ0v) is 12.0. The molecular weight excluding hydrogens is 276 g/mol. The average molecular weight is 291 g/mol. The molecule has 0 atom stereocenters. The molecule has 5 heteroatoms. The van der Waals surface area contributed by atoms with Crippen LogP contribution in [0.3, 0.4) is 0 Å². The number of carboxylic acids is 1. The molecule has 2 aromatic rings. The Kier molecular flexibility index (Phi) is 4.15. The van der Waals surface area contributed by atoms with E-state index in [0.717, 1.165) is 11.4 Å². The van der Waals surface area contributed by atoms with Gasteiger partial charge in [0.05, 0.1) is 11.3 Å². The second kappa shape index (κ2) is 5.84. The van der Waals surface area contributed by atoms with E-state index >= 15 is 0 Å². The Balaban J connectivity index is 2.35. The summed E-state index contributed by atoms with van der Waals surface area (Å²) >= 11 is 5.83. The van der Waals surface area contributed by atoms with Crippen LogP contribution < -0.4 is 10.2 Å². The predicted molar refractivity (Wildman–Crippen MR) is 82.5 cm³/mol. The molecule has 0 aromatic heterocycles. The highest BCUT2D eigenvalue weighted by Gasteiger charge is 2.11. The van der Waals surface area contributed by atoms with Crippen molar-refractivity contribution in [2.45, 2.75) is 0 Å². The molecule has 0 saturated heterocycles. The van der Waals surface area contributed by atoms with Crippen molar-refractivity contribution < 1.29 is 9.90 Å². The minimum absolute atomic E-state index is 0.146. The maximum absolute atomic E-state index is 11.2. The number of carbonyl (C=O) groups is 1. The van der Waals surface area contributed by atoms with Gasteiger partial charge in [-0.1, -0.05) is 17.7 Å². The van der Waals surface area contributed by atoms with E-state index < -0.39 is 5.97 Å². The molecule has 0 spiro atoms. The van der Waals surface area contributed by atoms with Crippen molar-refractivity contribution in [2.75, 3.05) is 24.3 Å². The number of rotatable bonds is 4. The van der Waals surface area contributed by atoms with Gasteiger partial charge in [-0.15, -0.1) is 0 Å². The SMILES string of the molecule is CN(C)c1cccc(Nc2ccc(Cl)cc2C(=O)O)c1. The fourth-order valence-corrected chi connectivity index (χ4v) is 1.99. The van der Waals surface area contributed by atoms with Crippen LogP contribution in [-0.4, -0.2) is 25.2 Å². The molecule has 2 rings (SSSR count). The first-order chi connectivity index (χ1) is 9.47. The van der Waals surface area contributed by atoms with Gasteiger partial charge in [0.15, 0.2) is 0 Å². The lowest BCUT2D eigenvalue weighted by atomic mass is 10.1. The summed E-state index contributed by atoms with van der Waals surface area (Å²) in [4.78, 5) is 13.2. The minimum atomic E-state index is -1.02. The number of nitrogens with one attached hydrogen (secondary N) is 1. The number of carboxylic acid groups (broad SMARTS) is 1. The van der Waals surface area contributed by atoms with E-state index in [9.17, 15) is 9.90 Å². The standard InChI is InChI=1S/C15H15ClN2O2/c1-18(2)12-5-3-4-11(9-12)17-14-7-6-10(16)8-13(14)15(19)20/h3-9,17H,1-2H3,(H,19,20). The quantitative estimate of drug-likeness (QED) is 0.898. The number of aromatic carboxylic acids is 1. The third-order valence-corrected chi connectivity index (χ3v) is 3.09. The maximum Gasteiger partial charge on any atom is 0.337 e. The Morgan fingerprint density at radius 1 is 1.20 bits per heavy atom. The number of halogens is 1. The van der Waals surface area contributed by atoms with Crippen LogP contribution in [0.15, 0.2) is 42.5 Å². The van der Waals surface area contributed by atoms with Gasteiger partial charge in [-0.2, -0.15) is 0 Å². The molecule has 0 radical (unpaired) electrons. The first-order valence-electron chi connectivity index (χ1n) is 6.04. The monoisotopic (exact) mass is 290 g/mol. The zero-order valence-electron chi connectivity index (χ0n) is 11.2. The Hall–Kier alpha value is -2.20. The molecule has 0 aliphatic rings. The molecule has 0 fully saturated rings. The molecule has 0 aliphatic carbocycles. The molecule has 4 nitrogen and oxygen atoms in total. The van der Waals surface area contributed by atoms with E-state index in [0.29, 0.717) is 10.7 Å². The largest absolute Gasteiger partial charge is 0.478 e. The highest BCUT2D eigenvalue weighted by molar-refractivity contribution is 6.31. The molecule has 2 aromatic carbocycles. The first-order valence-corrected chi connectivity index (χ1v) is 6.42. The van der Waals surface area contributed by atoms with Crippen molar-refractivity contribution in [3.63, 3.8) is 0 Å². The van der Waals surface area contributed by atoms with Crippen LogP contribution in [0.1, 0.15) is 10.4 Å². The van der Waals surface area contributed by atoms with E-state index in [1.165, 1.54) is 6.07 Å². The molecule has 20 heavy (non-hydrogen) atoms. The van der Waals surface area contributed by atoms with Crippen molar-refractivity contribution in [3.05, 3.63) is 53.1 Å². The van der Waals surface area contributed by atoms with Crippen LogP contribution >= 0.6 is 11.6 Å². The Labute approximate surface area is 122 Å². The zero-order chi connectivity index (χ0) is 14.7. The molecule has 0 heterocycles. The summed E-state index contributed by atoms with van der Waals surface area (Å²) in [5.74, 6) is -1.02.